The third-order valence-electron chi connectivity index (χ3n) is 3.66. The third kappa shape index (κ3) is 2.42. The number of carbonyl (C=O) groups excluding carboxylic acids is 1. The van der Waals surface area contributed by atoms with Crippen LogP contribution < -0.4 is 4.74 Å². The van der Waals surface area contributed by atoms with E-state index in [1.165, 1.54) is 0 Å². The Kier molecular flexibility index (Phi) is 3.26. The average molecular weight is 280 g/mol. The monoisotopic (exact) mass is 280 g/mol. The SMILES string of the molecule is Cc1cc(/C=C2\COc3ccccc3C2=O)cc(C)c1O. The van der Waals surface area contributed by atoms with Gasteiger partial charge in [0.1, 0.15) is 18.1 Å². The van der Waals surface area contributed by atoms with Crippen LogP contribution in [-0.4, -0.2) is 17.5 Å². The maximum absolute atomic E-state index is 12.5. The van der Waals surface area contributed by atoms with Crippen LogP contribution in [0.4, 0.5) is 0 Å². The van der Waals surface area contributed by atoms with Crippen LogP contribution >= 0.6 is 0 Å². The van der Waals surface area contributed by atoms with Crippen molar-refractivity contribution in [3.8, 4) is 11.5 Å². The minimum Gasteiger partial charge on any atom is -0.507 e. The lowest BCUT2D eigenvalue weighted by Crippen LogP contribution is -2.18. The van der Waals surface area contributed by atoms with E-state index in [1.54, 1.807) is 12.1 Å². The number of aryl methyl sites for hydroxylation is 2. The molecule has 0 spiro atoms. The van der Waals surface area contributed by atoms with Crippen molar-refractivity contribution in [1.82, 2.24) is 0 Å². The first-order chi connectivity index (χ1) is 10.1. The Morgan fingerprint density at radius 3 is 2.52 bits per heavy atom. The molecule has 0 bridgehead atoms. The van der Waals surface area contributed by atoms with E-state index in [2.05, 4.69) is 0 Å². The molecule has 3 heteroatoms. The molecule has 1 aliphatic heterocycles. The highest BCUT2D eigenvalue weighted by Gasteiger charge is 2.22. The number of hydrogen-bond acceptors (Lipinski definition) is 3. The highest BCUT2D eigenvalue weighted by Crippen LogP contribution is 2.29. The van der Waals surface area contributed by atoms with Crippen LogP contribution in [0.1, 0.15) is 27.0 Å². The summed E-state index contributed by atoms with van der Waals surface area (Å²) in [5.74, 6) is 0.937. The number of para-hydroxylation sites is 1. The van der Waals surface area contributed by atoms with Gasteiger partial charge in [-0.2, -0.15) is 0 Å². The van der Waals surface area contributed by atoms with Crippen LogP contribution in [0, 0.1) is 13.8 Å². The zero-order chi connectivity index (χ0) is 15.0. The molecule has 0 saturated carbocycles. The number of ketones is 1. The molecule has 21 heavy (non-hydrogen) atoms. The maximum atomic E-state index is 12.5. The maximum Gasteiger partial charge on any atom is 0.196 e. The van der Waals surface area contributed by atoms with Gasteiger partial charge in [-0.15, -0.1) is 0 Å². The first-order valence-corrected chi connectivity index (χ1v) is 6.83. The molecule has 0 aliphatic carbocycles. The molecule has 1 N–H and O–H groups in total. The Hall–Kier alpha value is -2.55. The number of fused-ring (bicyclic) bond motifs is 1. The predicted molar refractivity (Wildman–Crippen MR) is 81.8 cm³/mol. The number of phenols is 1. The molecule has 106 valence electrons. The molecule has 0 saturated heterocycles. The standard InChI is InChI=1S/C18H16O3/c1-11-7-13(8-12(2)17(11)19)9-14-10-21-16-6-4-3-5-15(16)18(14)20/h3-9,19H,10H2,1-2H3/b14-9+. The quantitative estimate of drug-likeness (QED) is 0.811. The first kappa shape index (κ1) is 13.4. The van der Waals surface area contributed by atoms with Crippen molar-refractivity contribution < 1.29 is 14.6 Å². The minimum atomic E-state index is 0.000214. The number of ether oxygens (including phenoxy) is 1. The Balaban J connectivity index is 2.00. The van der Waals surface area contributed by atoms with Gasteiger partial charge in [0.2, 0.25) is 0 Å². The highest BCUT2D eigenvalue weighted by molar-refractivity contribution is 6.14. The lowest BCUT2D eigenvalue weighted by atomic mass is 9.97. The van der Waals surface area contributed by atoms with Crippen LogP contribution in [0.3, 0.4) is 0 Å². The third-order valence-corrected chi connectivity index (χ3v) is 3.66. The van der Waals surface area contributed by atoms with E-state index in [0.717, 1.165) is 16.7 Å². The smallest absolute Gasteiger partial charge is 0.196 e. The normalized spacial score (nSPS) is 15.7. The number of benzene rings is 2. The summed E-state index contributed by atoms with van der Waals surface area (Å²) < 4.78 is 5.62. The van der Waals surface area contributed by atoms with Gasteiger partial charge >= 0.3 is 0 Å². The average Bonchev–Trinajstić information content (AvgIpc) is 2.48. The van der Waals surface area contributed by atoms with Gasteiger partial charge in [0.05, 0.1) is 5.56 Å². The van der Waals surface area contributed by atoms with Gasteiger partial charge in [-0.05, 0) is 60.9 Å². The van der Waals surface area contributed by atoms with Gasteiger partial charge in [0, 0.05) is 5.57 Å². The first-order valence-electron chi connectivity index (χ1n) is 6.83. The second-order valence-corrected chi connectivity index (χ2v) is 5.29. The van der Waals surface area contributed by atoms with E-state index in [1.807, 2.05) is 44.2 Å². The summed E-state index contributed by atoms with van der Waals surface area (Å²) >= 11 is 0. The fourth-order valence-corrected chi connectivity index (χ4v) is 2.56. The van der Waals surface area contributed by atoms with Crippen molar-refractivity contribution >= 4 is 11.9 Å². The van der Waals surface area contributed by atoms with E-state index in [9.17, 15) is 9.90 Å². The molecule has 0 unspecified atom stereocenters. The topological polar surface area (TPSA) is 46.5 Å². The van der Waals surface area contributed by atoms with Gasteiger partial charge < -0.3 is 9.84 Å². The molecule has 0 amide bonds. The lowest BCUT2D eigenvalue weighted by Gasteiger charge is -2.18. The van der Waals surface area contributed by atoms with Crippen molar-refractivity contribution in [2.45, 2.75) is 13.8 Å². The number of hydrogen-bond donors (Lipinski definition) is 1. The Morgan fingerprint density at radius 2 is 1.81 bits per heavy atom. The molecule has 0 atom stereocenters. The summed E-state index contributed by atoms with van der Waals surface area (Å²) in [6.07, 6.45) is 1.83. The minimum absolute atomic E-state index is 0.000214. The molecule has 3 nitrogen and oxygen atoms in total. The molecule has 0 fully saturated rings. The zero-order valence-electron chi connectivity index (χ0n) is 12.0. The van der Waals surface area contributed by atoms with E-state index in [4.69, 9.17) is 4.74 Å². The van der Waals surface area contributed by atoms with Crippen molar-refractivity contribution in [2.24, 2.45) is 0 Å². The summed E-state index contributed by atoms with van der Waals surface area (Å²) in [6.45, 7) is 3.96. The molecular formula is C18H16O3. The fourth-order valence-electron chi connectivity index (χ4n) is 2.56. The number of phenolic OH excluding ortho intramolecular Hbond substituents is 1. The number of carbonyl (C=O) groups is 1. The molecule has 0 aromatic heterocycles. The van der Waals surface area contributed by atoms with Gasteiger partial charge in [-0.25, -0.2) is 0 Å². The molecular weight excluding hydrogens is 264 g/mol. The largest absolute Gasteiger partial charge is 0.507 e. The summed E-state index contributed by atoms with van der Waals surface area (Å²) in [4.78, 5) is 12.5. The Morgan fingerprint density at radius 1 is 1.14 bits per heavy atom. The fraction of sp³-hybridized carbons (Fsp3) is 0.167. The van der Waals surface area contributed by atoms with Crippen LogP contribution in [-0.2, 0) is 0 Å². The summed E-state index contributed by atoms with van der Waals surface area (Å²) in [5.41, 5.74) is 3.72. The number of rotatable bonds is 1. The highest BCUT2D eigenvalue weighted by atomic mass is 16.5. The molecule has 0 radical (unpaired) electrons. The van der Waals surface area contributed by atoms with Crippen LogP contribution in [0.2, 0.25) is 0 Å². The van der Waals surface area contributed by atoms with Crippen molar-refractivity contribution in [3.63, 3.8) is 0 Å². The number of Topliss-reactive ketones (excluding diaryl/α,β-unsaturated/α-hetero) is 1. The molecule has 1 heterocycles. The zero-order valence-corrected chi connectivity index (χ0v) is 12.0. The van der Waals surface area contributed by atoms with Gasteiger partial charge in [-0.3, -0.25) is 4.79 Å². The Bertz CT molecular complexity index is 734. The van der Waals surface area contributed by atoms with Crippen molar-refractivity contribution in [3.05, 3.63) is 64.2 Å². The van der Waals surface area contributed by atoms with E-state index in [0.29, 0.717) is 22.6 Å². The van der Waals surface area contributed by atoms with Crippen molar-refractivity contribution in [1.29, 1.82) is 0 Å². The van der Waals surface area contributed by atoms with Crippen LogP contribution in [0.15, 0.2) is 42.0 Å². The van der Waals surface area contributed by atoms with Crippen molar-refractivity contribution in [2.75, 3.05) is 6.61 Å². The van der Waals surface area contributed by atoms with E-state index >= 15 is 0 Å². The Labute approximate surface area is 123 Å². The second-order valence-electron chi connectivity index (χ2n) is 5.29. The molecule has 2 aromatic carbocycles. The summed E-state index contributed by atoms with van der Waals surface area (Å²) in [5, 5.41) is 9.81. The van der Waals surface area contributed by atoms with Gasteiger partial charge in [-0.1, -0.05) is 12.1 Å². The van der Waals surface area contributed by atoms with Crippen LogP contribution in [0.25, 0.3) is 6.08 Å². The van der Waals surface area contributed by atoms with Crippen LogP contribution in [0.5, 0.6) is 11.5 Å². The summed E-state index contributed by atoms with van der Waals surface area (Å²) in [6, 6.07) is 11.0. The molecule has 3 rings (SSSR count). The number of aromatic hydroxyl groups is 1. The van der Waals surface area contributed by atoms with Gasteiger partial charge in [0.15, 0.2) is 5.78 Å². The van der Waals surface area contributed by atoms with E-state index in [-0.39, 0.29) is 12.4 Å². The van der Waals surface area contributed by atoms with Gasteiger partial charge in [0.25, 0.3) is 0 Å². The van der Waals surface area contributed by atoms with E-state index < -0.39 is 0 Å². The second kappa shape index (κ2) is 5.09. The summed E-state index contributed by atoms with van der Waals surface area (Å²) in [7, 11) is 0. The molecule has 2 aromatic rings. The lowest BCUT2D eigenvalue weighted by molar-refractivity contribution is 0.100. The predicted octanol–water partition coefficient (Wildman–Crippen LogP) is 3.67. The molecule has 1 aliphatic rings.